The first-order valence-electron chi connectivity index (χ1n) is 18.7. The molecule has 0 amide bonds. The van der Waals surface area contributed by atoms with Crippen molar-refractivity contribution in [1.82, 2.24) is 0 Å². The Morgan fingerprint density at radius 2 is 0.600 bits per heavy atom. The summed E-state index contributed by atoms with van der Waals surface area (Å²) in [5.41, 5.74) is 6.30. The Balaban J connectivity index is 2.53. The second kappa shape index (κ2) is 28.3. The van der Waals surface area contributed by atoms with Gasteiger partial charge >= 0.3 is 0 Å². The van der Waals surface area contributed by atoms with Crippen LogP contribution in [-0.2, 0) is 19.3 Å². The number of benzene rings is 1. The summed E-state index contributed by atoms with van der Waals surface area (Å²) < 4.78 is 0. The van der Waals surface area contributed by atoms with E-state index in [0.717, 1.165) is 0 Å². The maximum Gasteiger partial charge on any atom is -0.0238 e. The quantitative estimate of drug-likeness (QED) is 0.0831. The molecule has 40 heavy (non-hydrogen) atoms. The number of hydrogen-bond acceptors (Lipinski definition) is 0. The third kappa shape index (κ3) is 21.0. The predicted molar refractivity (Wildman–Crippen MR) is 184 cm³/mol. The summed E-state index contributed by atoms with van der Waals surface area (Å²) in [5.74, 6) is 0. The van der Waals surface area contributed by atoms with E-state index in [4.69, 9.17) is 0 Å². The number of rotatable bonds is 30. The molecule has 233 valence electrons. The van der Waals surface area contributed by atoms with Crippen LogP contribution >= 0.6 is 0 Å². The van der Waals surface area contributed by atoms with Gasteiger partial charge < -0.3 is 0 Å². The summed E-state index contributed by atoms with van der Waals surface area (Å²) in [6.45, 7) is 11.4. The average molecular weight is 554 g/mol. The maximum absolute atomic E-state index is 4.42. The Bertz CT molecular complexity index is 613. The highest BCUT2D eigenvalue weighted by atomic mass is 14.2. The molecular weight excluding hydrogens is 480 g/mol. The van der Waals surface area contributed by atoms with Crippen molar-refractivity contribution < 1.29 is 0 Å². The van der Waals surface area contributed by atoms with Crippen LogP contribution in [0.4, 0.5) is 0 Å². The summed E-state index contributed by atoms with van der Waals surface area (Å²) in [4.78, 5) is 0. The summed E-state index contributed by atoms with van der Waals surface area (Å²) >= 11 is 0. The Morgan fingerprint density at radius 1 is 0.350 bits per heavy atom. The van der Waals surface area contributed by atoms with E-state index < -0.39 is 0 Å². The molecule has 0 spiro atoms. The minimum atomic E-state index is 1.26. The van der Waals surface area contributed by atoms with E-state index in [9.17, 15) is 0 Å². The molecule has 0 aliphatic rings. The smallest absolute Gasteiger partial charge is 0.0238 e. The van der Waals surface area contributed by atoms with E-state index in [1.54, 1.807) is 16.7 Å². The molecule has 0 heteroatoms. The van der Waals surface area contributed by atoms with Gasteiger partial charge in [-0.25, -0.2) is 0 Å². The highest BCUT2D eigenvalue weighted by Gasteiger charge is 2.11. The van der Waals surface area contributed by atoms with Crippen LogP contribution < -0.4 is 0 Å². The molecule has 0 saturated heterocycles. The summed E-state index contributed by atoms with van der Waals surface area (Å²) in [6.07, 6.45) is 42.1. The molecule has 0 aliphatic heterocycles. The van der Waals surface area contributed by atoms with Crippen molar-refractivity contribution in [2.24, 2.45) is 0 Å². The van der Waals surface area contributed by atoms with Crippen LogP contribution in [0.1, 0.15) is 216 Å². The van der Waals surface area contributed by atoms with Gasteiger partial charge in [-0.05, 0) is 67.7 Å². The maximum atomic E-state index is 4.42. The molecular formula is C40H73. The zero-order valence-electron chi connectivity index (χ0n) is 28.1. The third-order valence-electron chi connectivity index (χ3n) is 9.12. The lowest BCUT2D eigenvalue weighted by Crippen LogP contribution is -2.03. The van der Waals surface area contributed by atoms with Crippen molar-refractivity contribution in [2.75, 3.05) is 0 Å². The molecule has 0 aliphatic carbocycles. The molecule has 1 rings (SSSR count). The highest BCUT2D eigenvalue weighted by molar-refractivity contribution is 5.41. The predicted octanol–water partition coefficient (Wildman–Crippen LogP) is 14.1. The molecule has 0 N–H and O–H groups in total. The number of hydrogen-bond donors (Lipinski definition) is 0. The Hall–Kier alpha value is -0.780. The van der Waals surface area contributed by atoms with Crippen LogP contribution in [0.5, 0.6) is 0 Å². The molecule has 1 aromatic carbocycles. The van der Waals surface area contributed by atoms with Gasteiger partial charge in [-0.15, -0.1) is 0 Å². The molecule has 1 aromatic rings. The Kier molecular flexibility index (Phi) is 26.4. The van der Waals surface area contributed by atoms with Gasteiger partial charge in [-0.1, -0.05) is 187 Å². The Labute approximate surface area is 254 Å². The zero-order chi connectivity index (χ0) is 28.9. The summed E-state index contributed by atoms with van der Waals surface area (Å²) in [7, 11) is 0. The second-order valence-corrected chi connectivity index (χ2v) is 13.1. The van der Waals surface area contributed by atoms with Gasteiger partial charge in [0.15, 0.2) is 0 Å². The van der Waals surface area contributed by atoms with Crippen molar-refractivity contribution in [3.05, 3.63) is 41.3 Å². The van der Waals surface area contributed by atoms with Crippen LogP contribution in [-0.4, -0.2) is 0 Å². The molecule has 1 radical (unpaired) electrons. The van der Waals surface area contributed by atoms with Crippen LogP contribution in [0.15, 0.2) is 12.1 Å². The lowest BCUT2D eigenvalue weighted by Gasteiger charge is -2.17. The van der Waals surface area contributed by atoms with E-state index in [1.165, 1.54) is 198 Å². The van der Waals surface area contributed by atoms with Gasteiger partial charge in [0.1, 0.15) is 0 Å². The largest absolute Gasteiger partial charge is 0.0654 e. The SMILES string of the molecule is [CH2]c1cc(CCCCCCCCCCC)c(CCCCCCCCCCC)c(CCCCCCCCCCC)c1. The van der Waals surface area contributed by atoms with E-state index in [2.05, 4.69) is 39.8 Å². The summed E-state index contributed by atoms with van der Waals surface area (Å²) in [5, 5.41) is 0. The fraction of sp³-hybridized carbons (Fsp3) is 0.825. The van der Waals surface area contributed by atoms with Crippen molar-refractivity contribution in [2.45, 2.75) is 213 Å². The minimum absolute atomic E-state index is 1.26. The number of unbranched alkanes of at least 4 members (excludes halogenated alkanes) is 24. The summed E-state index contributed by atoms with van der Waals surface area (Å²) in [6, 6.07) is 4.90. The van der Waals surface area contributed by atoms with Gasteiger partial charge in [0.25, 0.3) is 0 Å². The normalized spacial score (nSPS) is 11.5. The first-order valence-corrected chi connectivity index (χ1v) is 18.7. The van der Waals surface area contributed by atoms with Gasteiger partial charge in [0.2, 0.25) is 0 Å². The van der Waals surface area contributed by atoms with Crippen LogP contribution in [0.2, 0.25) is 0 Å². The molecule has 0 aromatic heterocycles. The molecule has 0 bridgehead atoms. The van der Waals surface area contributed by atoms with Crippen LogP contribution in [0, 0.1) is 6.92 Å². The lowest BCUT2D eigenvalue weighted by atomic mass is 9.88. The van der Waals surface area contributed by atoms with E-state index >= 15 is 0 Å². The topological polar surface area (TPSA) is 0 Å². The molecule has 0 nitrogen and oxygen atoms in total. The third-order valence-corrected chi connectivity index (χ3v) is 9.12. The van der Waals surface area contributed by atoms with Gasteiger partial charge in [-0.2, -0.15) is 0 Å². The molecule has 0 fully saturated rings. The zero-order valence-corrected chi connectivity index (χ0v) is 28.1. The van der Waals surface area contributed by atoms with Gasteiger partial charge in [0.05, 0.1) is 0 Å². The minimum Gasteiger partial charge on any atom is -0.0654 e. The van der Waals surface area contributed by atoms with Crippen LogP contribution in [0.25, 0.3) is 0 Å². The van der Waals surface area contributed by atoms with Crippen molar-refractivity contribution >= 4 is 0 Å². The van der Waals surface area contributed by atoms with Crippen molar-refractivity contribution in [1.29, 1.82) is 0 Å². The fourth-order valence-corrected chi connectivity index (χ4v) is 6.50. The molecule has 0 heterocycles. The van der Waals surface area contributed by atoms with E-state index in [0.29, 0.717) is 0 Å². The van der Waals surface area contributed by atoms with Crippen molar-refractivity contribution in [3.63, 3.8) is 0 Å². The first-order chi connectivity index (χ1) is 19.7. The van der Waals surface area contributed by atoms with Gasteiger partial charge in [0, 0.05) is 0 Å². The lowest BCUT2D eigenvalue weighted by molar-refractivity contribution is 0.558. The van der Waals surface area contributed by atoms with Crippen molar-refractivity contribution in [3.8, 4) is 0 Å². The van der Waals surface area contributed by atoms with Crippen LogP contribution in [0.3, 0.4) is 0 Å². The van der Waals surface area contributed by atoms with E-state index in [-0.39, 0.29) is 0 Å². The Morgan fingerprint density at radius 3 is 0.900 bits per heavy atom. The fourth-order valence-electron chi connectivity index (χ4n) is 6.50. The molecule has 0 saturated carbocycles. The number of aryl methyl sites for hydroxylation is 2. The standard InChI is InChI=1S/C40H73/c1-5-8-11-14-17-20-23-26-29-32-38-35-37(4)36-39(33-30-27-24-21-18-15-12-9-6-2)40(38)34-31-28-25-22-19-16-13-10-7-3/h35-36H,4-34H2,1-3H3. The second-order valence-electron chi connectivity index (χ2n) is 13.1. The molecule has 0 unspecified atom stereocenters. The molecule has 0 atom stereocenters. The van der Waals surface area contributed by atoms with E-state index in [1.807, 2.05) is 0 Å². The average Bonchev–Trinajstić information content (AvgIpc) is 2.95. The van der Waals surface area contributed by atoms with Gasteiger partial charge in [-0.3, -0.25) is 0 Å². The first kappa shape index (κ1) is 37.2. The monoisotopic (exact) mass is 554 g/mol. The highest BCUT2D eigenvalue weighted by Crippen LogP contribution is 2.25.